The molecule has 1 aromatic heterocycles. The zero-order valence-corrected chi connectivity index (χ0v) is 14.9. The number of aromatic nitrogens is 2. The van der Waals surface area contributed by atoms with E-state index in [0.29, 0.717) is 17.4 Å². The molecule has 1 heterocycles. The molecular formula is C15H21ClN4O3S. The summed E-state index contributed by atoms with van der Waals surface area (Å²) in [7, 11) is -2.07. The number of nitrogens with zero attached hydrogens (tertiary/aromatic N) is 2. The lowest BCUT2D eigenvalue weighted by Gasteiger charge is -2.11. The normalized spacial score (nSPS) is 15.6. The van der Waals surface area contributed by atoms with Crippen molar-refractivity contribution in [2.75, 3.05) is 13.7 Å². The van der Waals surface area contributed by atoms with Gasteiger partial charge in [-0.2, -0.15) is 5.10 Å². The highest BCUT2D eigenvalue weighted by atomic mass is 35.5. The number of methoxy groups -OCH3 is 1. The standard InChI is InChI=1S/C15H20N4O3S.ClH/c1-22-15-5-3-2-4-14(15)19-10-12(8-17-19)23(20,21)18-9-13(16)11-6-7-11;/h2-5,8,10-11,13,18H,6-7,9,16H2,1H3;1H. The smallest absolute Gasteiger partial charge is 0.243 e. The van der Waals surface area contributed by atoms with Crippen LogP contribution >= 0.6 is 12.4 Å². The third-order valence-corrected chi connectivity index (χ3v) is 5.32. The number of ether oxygens (including phenoxy) is 1. The van der Waals surface area contributed by atoms with Crippen LogP contribution in [-0.4, -0.2) is 37.9 Å². The van der Waals surface area contributed by atoms with Crippen molar-refractivity contribution in [3.05, 3.63) is 36.7 Å². The summed E-state index contributed by atoms with van der Waals surface area (Å²) in [5, 5.41) is 4.12. The van der Waals surface area contributed by atoms with E-state index in [4.69, 9.17) is 10.5 Å². The van der Waals surface area contributed by atoms with Gasteiger partial charge < -0.3 is 10.5 Å². The summed E-state index contributed by atoms with van der Waals surface area (Å²) in [6.45, 7) is 0.243. The molecule has 0 radical (unpaired) electrons. The third kappa shape index (κ3) is 4.07. The summed E-state index contributed by atoms with van der Waals surface area (Å²) in [6.07, 6.45) is 4.93. The lowest BCUT2D eigenvalue weighted by molar-refractivity contribution is 0.411. The van der Waals surface area contributed by atoms with Gasteiger partial charge in [-0.25, -0.2) is 17.8 Å². The van der Waals surface area contributed by atoms with Crippen molar-refractivity contribution >= 4 is 22.4 Å². The fourth-order valence-corrected chi connectivity index (χ4v) is 3.38. The van der Waals surface area contributed by atoms with E-state index in [1.807, 2.05) is 12.1 Å². The van der Waals surface area contributed by atoms with Crippen LogP contribution in [0.3, 0.4) is 0 Å². The summed E-state index contributed by atoms with van der Waals surface area (Å²) in [5.74, 6) is 1.05. The summed E-state index contributed by atoms with van der Waals surface area (Å²) in [4.78, 5) is 0.103. The molecule has 0 spiro atoms. The molecule has 1 fully saturated rings. The van der Waals surface area contributed by atoms with Crippen LogP contribution in [0.2, 0.25) is 0 Å². The Labute approximate surface area is 147 Å². The first-order chi connectivity index (χ1) is 11.0. The van der Waals surface area contributed by atoms with Gasteiger partial charge in [0, 0.05) is 12.6 Å². The molecule has 7 nitrogen and oxygen atoms in total. The van der Waals surface area contributed by atoms with Crippen LogP contribution in [0.1, 0.15) is 12.8 Å². The molecule has 24 heavy (non-hydrogen) atoms. The number of nitrogens with one attached hydrogen (secondary N) is 1. The van der Waals surface area contributed by atoms with Gasteiger partial charge in [0.25, 0.3) is 0 Å². The van der Waals surface area contributed by atoms with E-state index in [1.165, 1.54) is 17.1 Å². The van der Waals surface area contributed by atoms with Gasteiger partial charge in [-0.05, 0) is 30.9 Å². The van der Waals surface area contributed by atoms with Crippen molar-refractivity contribution in [2.45, 2.75) is 23.8 Å². The fourth-order valence-electron chi connectivity index (χ4n) is 2.38. The van der Waals surface area contributed by atoms with Gasteiger partial charge in [0.15, 0.2) is 0 Å². The molecule has 3 rings (SSSR count). The summed E-state index contributed by atoms with van der Waals surface area (Å²) < 4.78 is 34.0. The van der Waals surface area contributed by atoms with Gasteiger partial charge in [-0.15, -0.1) is 12.4 Å². The van der Waals surface area contributed by atoms with Gasteiger partial charge in [0.05, 0.1) is 19.5 Å². The molecule has 132 valence electrons. The maximum absolute atomic E-state index is 12.3. The zero-order chi connectivity index (χ0) is 16.4. The molecule has 1 aliphatic rings. The topological polar surface area (TPSA) is 99.2 Å². The van der Waals surface area contributed by atoms with Crippen LogP contribution in [0.4, 0.5) is 0 Å². The average Bonchev–Trinajstić information content (AvgIpc) is 3.29. The highest BCUT2D eigenvalue weighted by Crippen LogP contribution is 2.31. The molecule has 1 unspecified atom stereocenters. The predicted octanol–water partition coefficient (Wildman–Crippen LogP) is 1.32. The lowest BCUT2D eigenvalue weighted by atomic mass is 10.2. The zero-order valence-electron chi connectivity index (χ0n) is 13.3. The minimum Gasteiger partial charge on any atom is -0.494 e. The Balaban J connectivity index is 0.00000208. The van der Waals surface area contributed by atoms with Crippen molar-refractivity contribution in [3.8, 4) is 11.4 Å². The molecule has 1 aromatic carbocycles. The molecule has 0 aliphatic heterocycles. The van der Waals surface area contributed by atoms with Gasteiger partial charge in [0.1, 0.15) is 16.3 Å². The number of sulfonamides is 1. The average molecular weight is 373 g/mol. The number of rotatable bonds is 7. The first-order valence-electron chi connectivity index (χ1n) is 7.44. The molecule has 0 amide bonds. The fraction of sp³-hybridized carbons (Fsp3) is 0.400. The van der Waals surface area contributed by atoms with Crippen molar-refractivity contribution in [1.82, 2.24) is 14.5 Å². The van der Waals surface area contributed by atoms with E-state index >= 15 is 0 Å². The monoisotopic (exact) mass is 372 g/mol. The number of hydrogen-bond acceptors (Lipinski definition) is 5. The van der Waals surface area contributed by atoms with Gasteiger partial charge >= 0.3 is 0 Å². The Morgan fingerprint density at radius 2 is 2.12 bits per heavy atom. The Morgan fingerprint density at radius 3 is 2.79 bits per heavy atom. The maximum atomic E-state index is 12.3. The number of para-hydroxylation sites is 2. The van der Waals surface area contributed by atoms with Crippen molar-refractivity contribution in [1.29, 1.82) is 0 Å². The predicted molar refractivity (Wildman–Crippen MR) is 93.3 cm³/mol. The highest BCUT2D eigenvalue weighted by molar-refractivity contribution is 7.89. The minimum absolute atomic E-state index is 0. The summed E-state index contributed by atoms with van der Waals surface area (Å²) >= 11 is 0. The summed E-state index contributed by atoms with van der Waals surface area (Å²) in [5.41, 5.74) is 6.61. The third-order valence-electron chi connectivity index (χ3n) is 3.94. The minimum atomic E-state index is -3.62. The molecule has 2 aromatic rings. The molecule has 1 saturated carbocycles. The van der Waals surface area contributed by atoms with Gasteiger partial charge in [-0.1, -0.05) is 12.1 Å². The van der Waals surface area contributed by atoms with Gasteiger partial charge in [0.2, 0.25) is 10.0 Å². The highest BCUT2D eigenvalue weighted by Gasteiger charge is 2.29. The second kappa shape index (κ2) is 7.52. The molecule has 1 aliphatic carbocycles. The van der Waals surface area contributed by atoms with E-state index in [2.05, 4.69) is 9.82 Å². The quantitative estimate of drug-likeness (QED) is 0.763. The van der Waals surface area contributed by atoms with E-state index < -0.39 is 10.0 Å². The van der Waals surface area contributed by atoms with E-state index in [1.54, 1.807) is 19.2 Å². The van der Waals surface area contributed by atoms with Crippen molar-refractivity contribution in [2.24, 2.45) is 11.7 Å². The van der Waals surface area contributed by atoms with E-state index in [-0.39, 0.29) is 29.9 Å². The molecule has 0 saturated heterocycles. The SMILES string of the molecule is COc1ccccc1-n1cc(S(=O)(=O)NCC(N)C2CC2)cn1.Cl. The summed E-state index contributed by atoms with van der Waals surface area (Å²) in [6, 6.07) is 7.14. The second-order valence-electron chi connectivity index (χ2n) is 5.65. The first-order valence-corrected chi connectivity index (χ1v) is 8.93. The largest absolute Gasteiger partial charge is 0.494 e. The first kappa shape index (κ1) is 18.7. The number of halogens is 1. The van der Waals surface area contributed by atoms with Crippen LogP contribution in [-0.2, 0) is 10.0 Å². The molecule has 3 N–H and O–H groups in total. The molecule has 9 heteroatoms. The van der Waals surface area contributed by atoms with Gasteiger partial charge in [-0.3, -0.25) is 0 Å². The van der Waals surface area contributed by atoms with E-state index in [0.717, 1.165) is 12.8 Å². The van der Waals surface area contributed by atoms with Crippen molar-refractivity contribution in [3.63, 3.8) is 0 Å². The number of nitrogens with two attached hydrogens (primary N) is 1. The Bertz CT molecular complexity index is 790. The van der Waals surface area contributed by atoms with E-state index in [9.17, 15) is 8.42 Å². The number of benzene rings is 1. The molecule has 1 atom stereocenters. The van der Waals surface area contributed by atoms with Crippen LogP contribution in [0, 0.1) is 5.92 Å². The van der Waals surface area contributed by atoms with Crippen LogP contribution < -0.4 is 15.2 Å². The van der Waals surface area contributed by atoms with Crippen molar-refractivity contribution < 1.29 is 13.2 Å². The number of hydrogen-bond donors (Lipinski definition) is 2. The van der Waals surface area contributed by atoms with Crippen LogP contribution in [0.15, 0.2) is 41.6 Å². The Morgan fingerprint density at radius 1 is 1.42 bits per heavy atom. The molecular weight excluding hydrogens is 352 g/mol. The Kier molecular flexibility index (Phi) is 5.87. The molecule has 0 bridgehead atoms. The van der Waals surface area contributed by atoms with Crippen LogP contribution in [0.25, 0.3) is 5.69 Å². The Hall–Kier alpha value is -1.61. The lowest BCUT2D eigenvalue weighted by Crippen LogP contribution is -2.38. The maximum Gasteiger partial charge on any atom is 0.243 e. The second-order valence-corrected chi connectivity index (χ2v) is 7.41. The van der Waals surface area contributed by atoms with Crippen LogP contribution in [0.5, 0.6) is 5.75 Å².